The fourth-order valence-corrected chi connectivity index (χ4v) is 3.26. The Hall–Kier alpha value is -3.39. The molecule has 0 unspecified atom stereocenters. The van der Waals surface area contributed by atoms with Crippen LogP contribution in [0.4, 0.5) is 5.69 Å². The van der Waals surface area contributed by atoms with Crippen LogP contribution in [0, 0.1) is 6.92 Å². The van der Waals surface area contributed by atoms with Crippen LogP contribution in [0.25, 0.3) is 6.08 Å². The van der Waals surface area contributed by atoms with Crippen LogP contribution in [-0.4, -0.2) is 38.3 Å². The van der Waals surface area contributed by atoms with Crippen molar-refractivity contribution in [1.82, 2.24) is 5.32 Å². The van der Waals surface area contributed by atoms with Gasteiger partial charge in [-0.1, -0.05) is 12.1 Å². The summed E-state index contributed by atoms with van der Waals surface area (Å²) in [6.45, 7) is 1.91. The quantitative estimate of drug-likeness (QED) is 0.462. The molecule has 1 N–H and O–H groups in total. The van der Waals surface area contributed by atoms with Gasteiger partial charge in [0.05, 0.1) is 27.0 Å². The molecule has 0 aromatic heterocycles. The van der Waals surface area contributed by atoms with Gasteiger partial charge < -0.3 is 14.2 Å². The van der Waals surface area contributed by atoms with E-state index in [4.69, 9.17) is 26.4 Å². The lowest BCUT2D eigenvalue weighted by molar-refractivity contribution is -0.122. The second-order valence-corrected chi connectivity index (χ2v) is 6.63. The van der Waals surface area contributed by atoms with Crippen LogP contribution < -0.4 is 24.4 Å². The Labute approximate surface area is 173 Å². The van der Waals surface area contributed by atoms with Gasteiger partial charge in [0, 0.05) is 11.6 Å². The number of nitrogens with one attached hydrogen (secondary N) is 1. The highest BCUT2D eigenvalue weighted by Gasteiger charge is 2.34. The molecule has 1 saturated heterocycles. The third kappa shape index (κ3) is 3.93. The van der Waals surface area contributed by atoms with Gasteiger partial charge in [0.1, 0.15) is 11.3 Å². The molecule has 29 heavy (non-hydrogen) atoms. The van der Waals surface area contributed by atoms with E-state index in [1.54, 1.807) is 18.2 Å². The normalized spacial score (nSPS) is 15.4. The first-order valence-corrected chi connectivity index (χ1v) is 9.08. The molecule has 7 nitrogen and oxygen atoms in total. The van der Waals surface area contributed by atoms with Crippen LogP contribution in [0.1, 0.15) is 11.1 Å². The number of nitrogens with zero attached hydrogens (tertiary/aromatic N) is 1. The maximum absolute atomic E-state index is 13.2. The second kappa shape index (κ2) is 8.32. The predicted molar refractivity (Wildman–Crippen MR) is 113 cm³/mol. The molecule has 0 saturated carbocycles. The van der Waals surface area contributed by atoms with E-state index < -0.39 is 11.8 Å². The zero-order valence-electron chi connectivity index (χ0n) is 16.4. The van der Waals surface area contributed by atoms with E-state index in [0.717, 1.165) is 5.56 Å². The molecule has 2 amide bonds. The SMILES string of the molecule is COc1cc(OC)c(OC)cc1C=C1C(=O)NC(=S)N(c2cccc(C)c2)C1=O. The first-order chi connectivity index (χ1) is 13.9. The number of aryl methyl sites for hydroxylation is 1. The fourth-order valence-electron chi connectivity index (χ4n) is 2.98. The number of thiocarbonyl (C=S) groups is 1. The average Bonchev–Trinajstić information content (AvgIpc) is 2.70. The summed E-state index contributed by atoms with van der Waals surface area (Å²) in [5.74, 6) is 0.219. The lowest BCUT2D eigenvalue weighted by Crippen LogP contribution is -2.54. The van der Waals surface area contributed by atoms with E-state index in [1.807, 2.05) is 25.1 Å². The van der Waals surface area contributed by atoms with Crippen molar-refractivity contribution in [2.45, 2.75) is 6.92 Å². The first-order valence-electron chi connectivity index (χ1n) is 8.67. The third-order valence-corrected chi connectivity index (χ3v) is 4.68. The number of anilines is 1. The standard InChI is InChI=1S/C21H20N2O5S/c1-12-6-5-7-14(8-12)23-20(25)15(19(24)22-21(23)29)9-13-10-17(27-3)18(28-4)11-16(13)26-2/h5-11H,1-4H3,(H,22,24,29). The number of amides is 2. The van der Waals surface area contributed by atoms with E-state index in [-0.39, 0.29) is 10.7 Å². The Bertz CT molecular complexity index is 1030. The highest BCUT2D eigenvalue weighted by molar-refractivity contribution is 7.80. The maximum atomic E-state index is 13.2. The highest BCUT2D eigenvalue weighted by Crippen LogP contribution is 2.36. The van der Waals surface area contributed by atoms with E-state index in [1.165, 1.54) is 32.3 Å². The summed E-state index contributed by atoms with van der Waals surface area (Å²) in [6, 6.07) is 10.6. The Morgan fingerprint density at radius 2 is 1.62 bits per heavy atom. The van der Waals surface area contributed by atoms with Crippen molar-refractivity contribution in [3.05, 3.63) is 53.1 Å². The highest BCUT2D eigenvalue weighted by atomic mass is 32.1. The van der Waals surface area contributed by atoms with Gasteiger partial charge in [-0.25, -0.2) is 0 Å². The van der Waals surface area contributed by atoms with Crippen molar-refractivity contribution in [3.8, 4) is 17.2 Å². The number of methoxy groups -OCH3 is 3. The molecule has 1 heterocycles. The second-order valence-electron chi connectivity index (χ2n) is 6.25. The summed E-state index contributed by atoms with van der Waals surface area (Å²) in [4.78, 5) is 27.0. The number of carbonyl (C=O) groups excluding carboxylic acids is 2. The number of rotatable bonds is 5. The summed E-state index contributed by atoms with van der Waals surface area (Å²) in [5, 5.41) is 2.60. The molecular weight excluding hydrogens is 392 g/mol. The molecule has 0 atom stereocenters. The van der Waals surface area contributed by atoms with Crippen molar-refractivity contribution in [1.29, 1.82) is 0 Å². The topological polar surface area (TPSA) is 77.1 Å². The third-order valence-electron chi connectivity index (χ3n) is 4.40. The van der Waals surface area contributed by atoms with E-state index >= 15 is 0 Å². The smallest absolute Gasteiger partial charge is 0.270 e. The number of ether oxygens (including phenoxy) is 3. The van der Waals surface area contributed by atoms with Crippen LogP contribution in [0.15, 0.2) is 42.0 Å². The van der Waals surface area contributed by atoms with Gasteiger partial charge in [-0.15, -0.1) is 0 Å². The molecule has 1 fully saturated rings. The average molecular weight is 412 g/mol. The lowest BCUT2D eigenvalue weighted by atomic mass is 10.0. The molecule has 150 valence electrons. The summed E-state index contributed by atoms with van der Waals surface area (Å²) < 4.78 is 16.0. The van der Waals surface area contributed by atoms with Gasteiger partial charge >= 0.3 is 0 Å². The Morgan fingerprint density at radius 1 is 0.966 bits per heavy atom. The molecule has 0 radical (unpaired) electrons. The van der Waals surface area contributed by atoms with E-state index in [9.17, 15) is 9.59 Å². The van der Waals surface area contributed by atoms with Crippen molar-refractivity contribution in [2.24, 2.45) is 0 Å². The Kier molecular flexibility index (Phi) is 5.84. The zero-order valence-corrected chi connectivity index (χ0v) is 17.3. The van der Waals surface area contributed by atoms with Crippen molar-refractivity contribution in [3.63, 3.8) is 0 Å². The van der Waals surface area contributed by atoms with Gasteiger partial charge in [0.25, 0.3) is 11.8 Å². The van der Waals surface area contributed by atoms with Crippen LogP contribution in [-0.2, 0) is 9.59 Å². The summed E-state index contributed by atoms with van der Waals surface area (Å²) in [6.07, 6.45) is 1.45. The van der Waals surface area contributed by atoms with Gasteiger partial charge in [-0.05, 0) is 49.0 Å². The number of benzene rings is 2. The minimum absolute atomic E-state index is 0.0297. The minimum Gasteiger partial charge on any atom is -0.496 e. The zero-order chi connectivity index (χ0) is 21.1. The number of hydrogen-bond donors (Lipinski definition) is 1. The largest absolute Gasteiger partial charge is 0.496 e. The molecule has 8 heteroatoms. The lowest BCUT2D eigenvalue weighted by Gasteiger charge is -2.29. The predicted octanol–water partition coefficient (Wildman–Crippen LogP) is 2.85. The Balaban J connectivity index is 2.09. The van der Waals surface area contributed by atoms with Gasteiger partial charge in [0.2, 0.25) is 0 Å². The van der Waals surface area contributed by atoms with Crippen molar-refractivity contribution >= 4 is 40.9 Å². The van der Waals surface area contributed by atoms with Crippen LogP contribution in [0.5, 0.6) is 17.2 Å². The molecular formula is C21H20N2O5S. The molecule has 0 spiro atoms. The van der Waals surface area contributed by atoms with E-state index in [0.29, 0.717) is 28.5 Å². The molecule has 3 rings (SSSR count). The fraction of sp³-hybridized carbons (Fsp3) is 0.190. The van der Waals surface area contributed by atoms with Crippen LogP contribution in [0.3, 0.4) is 0 Å². The van der Waals surface area contributed by atoms with Gasteiger partial charge in [-0.3, -0.25) is 19.8 Å². The summed E-state index contributed by atoms with van der Waals surface area (Å²) in [7, 11) is 4.49. The number of hydrogen-bond acceptors (Lipinski definition) is 6. The molecule has 1 aliphatic heterocycles. The van der Waals surface area contributed by atoms with Crippen LogP contribution >= 0.6 is 12.2 Å². The summed E-state index contributed by atoms with van der Waals surface area (Å²) >= 11 is 5.23. The van der Waals surface area contributed by atoms with Gasteiger partial charge in [0.15, 0.2) is 16.6 Å². The Morgan fingerprint density at radius 3 is 2.24 bits per heavy atom. The first kappa shape index (κ1) is 20.3. The minimum atomic E-state index is -0.583. The van der Waals surface area contributed by atoms with Gasteiger partial charge in [-0.2, -0.15) is 0 Å². The molecule has 0 aliphatic carbocycles. The van der Waals surface area contributed by atoms with Crippen molar-refractivity contribution < 1.29 is 23.8 Å². The molecule has 0 bridgehead atoms. The van der Waals surface area contributed by atoms with E-state index in [2.05, 4.69) is 5.32 Å². The van der Waals surface area contributed by atoms with Crippen LogP contribution in [0.2, 0.25) is 0 Å². The maximum Gasteiger partial charge on any atom is 0.270 e. The number of carbonyl (C=O) groups is 2. The summed E-state index contributed by atoms with van der Waals surface area (Å²) in [5.41, 5.74) is 1.94. The molecule has 2 aromatic rings. The monoisotopic (exact) mass is 412 g/mol. The molecule has 1 aliphatic rings. The van der Waals surface area contributed by atoms with Crippen molar-refractivity contribution in [2.75, 3.05) is 26.2 Å². The molecule has 2 aromatic carbocycles.